The van der Waals surface area contributed by atoms with E-state index in [1.54, 1.807) is 17.1 Å². The Labute approximate surface area is 123 Å². The predicted molar refractivity (Wildman–Crippen MR) is 77.6 cm³/mol. The number of hydrogen-bond donors (Lipinski definition) is 1. The molecular weight excluding hydrogens is 268 g/mol. The van der Waals surface area contributed by atoms with Gasteiger partial charge in [0.1, 0.15) is 18.2 Å². The van der Waals surface area contributed by atoms with Gasteiger partial charge in [-0.05, 0) is 19.4 Å². The zero-order valence-corrected chi connectivity index (χ0v) is 12.2. The minimum Gasteiger partial charge on any atom is -0.373 e. The number of nitrogens with one attached hydrogen (secondary N) is 1. The number of hydrogen-bond acceptors (Lipinski definition) is 5. The van der Waals surface area contributed by atoms with E-state index in [1.165, 1.54) is 0 Å². The van der Waals surface area contributed by atoms with E-state index in [1.807, 2.05) is 31.0 Å². The van der Waals surface area contributed by atoms with Crippen LogP contribution in [-0.4, -0.2) is 44.1 Å². The van der Waals surface area contributed by atoms with Crippen LogP contribution in [0.1, 0.15) is 24.0 Å². The van der Waals surface area contributed by atoms with E-state index in [0.29, 0.717) is 5.82 Å². The van der Waals surface area contributed by atoms with Gasteiger partial charge in [0.05, 0.1) is 11.7 Å². The van der Waals surface area contributed by atoms with E-state index in [-0.39, 0.29) is 18.5 Å². The van der Waals surface area contributed by atoms with Crippen molar-refractivity contribution >= 4 is 11.7 Å². The van der Waals surface area contributed by atoms with Crippen molar-refractivity contribution in [1.29, 1.82) is 0 Å². The first-order valence-electron chi connectivity index (χ1n) is 6.97. The van der Waals surface area contributed by atoms with Crippen LogP contribution in [0.5, 0.6) is 0 Å². The summed E-state index contributed by atoms with van der Waals surface area (Å²) in [7, 11) is 1.83. The molecule has 0 aliphatic carbocycles. The molecule has 1 fully saturated rings. The Morgan fingerprint density at radius 1 is 1.48 bits per heavy atom. The second kappa shape index (κ2) is 5.51. The fraction of sp³-hybridized carbons (Fsp3) is 0.429. The van der Waals surface area contributed by atoms with Crippen LogP contribution in [-0.2, 0) is 11.3 Å². The molecule has 1 aliphatic rings. The molecule has 1 N–H and O–H groups in total. The highest BCUT2D eigenvalue weighted by molar-refractivity contribution is 5.77. The number of likely N-dealkylation sites (tertiary alicyclic amines) is 1. The highest BCUT2D eigenvalue weighted by Crippen LogP contribution is 2.33. The summed E-state index contributed by atoms with van der Waals surface area (Å²) >= 11 is 0. The van der Waals surface area contributed by atoms with E-state index in [4.69, 9.17) is 0 Å². The molecular formula is C14H18N6O. The Morgan fingerprint density at radius 2 is 2.33 bits per heavy atom. The fourth-order valence-corrected chi connectivity index (χ4v) is 2.51. The summed E-state index contributed by atoms with van der Waals surface area (Å²) in [5.74, 6) is 1.56. The van der Waals surface area contributed by atoms with E-state index in [0.717, 1.165) is 24.5 Å². The normalized spacial score (nSPS) is 17.4. The number of aromatic nitrogens is 4. The molecule has 1 saturated heterocycles. The Bertz CT molecular complexity index is 639. The summed E-state index contributed by atoms with van der Waals surface area (Å²) in [4.78, 5) is 22.9. The van der Waals surface area contributed by atoms with Crippen molar-refractivity contribution in [3.8, 4) is 0 Å². The molecule has 0 spiro atoms. The van der Waals surface area contributed by atoms with Crippen LogP contribution in [0.2, 0.25) is 0 Å². The maximum absolute atomic E-state index is 12.3. The molecule has 7 heteroatoms. The van der Waals surface area contributed by atoms with Crippen LogP contribution in [0.25, 0.3) is 0 Å². The largest absolute Gasteiger partial charge is 0.373 e. The first-order chi connectivity index (χ1) is 10.2. The molecule has 1 amide bonds. The summed E-state index contributed by atoms with van der Waals surface area (Å²) in [6.07, 6.45) is 4.40. The van der Waals surface area contributed by atoms with Gasteiger partial charge in [-0.1, -0.05) is 0 Å². The summed E-state index contributed by atoms with van der Waals surface area (Å²) in [5, 5.41) is 7.09. The van der Waals surface area contributed by atoms with E-state index in [9.17, 15) is 4.79 Å². The Hall–Kier alpha value is -2.44. The highest BCUT2D eigenvalue weighted by atomic mass is 16.2. The number of carbonyl (C=O) groups excluding carboxylic acids is 1. The van der Waals surface area contributed by atoms with Gasteiger partial charge in [-0.3, -0.25) is 9.48 Å². The lowest BCUT2D eigenvalue weighted by atomic mass is 9.99. The molecule has 3 rings (SSSR count). The van der Waals surface area contributed by atoms with Gasteiger partial charge in [0.25, 0.3) is 0 Å². The number of carbonyl (C=O) groups is 1. The first-order valence-corrected chi connectivity index (χ1v) is 6.97. The molecule has 1 unspecified atom stereocenters. The van der Waals surface area contributed by atoms with Crippen LogP contribution in [0, 0.1) is 6.92 Å². The van der Waals surface area contributed by atoms with Gasteiger partial charge in [-0.2, -0.15) is 5.10 Å². The van der Waals surface area contributed by atoms with Gasteiger partial charge in [0, 0.05) is 32.1 Å². The molecule has 2 aromatic heterocycles. The lowest BCUT2D eigenvalue weighted by Crippen LogP contribution is -2.47. The molecule has 21 heavy (non-hydrogen) atoms. The minimum atomic E-state index is 0.0434. The summed E-state index contributed by atoms with van der Waals surface area (Å²) in [5.41, 5.74) is 0.895. The van der Waals surface area contributed by atoms with E-state index >= 15 is 0 Å². The van der Waals surface area contributed by atoms with Crippen molar-refractivity contribution in [2.45, 2.75) is 25.9 Å². The maximum Gasteiger partial charge on any atom is 0.244 e. The average Bonchev–Trinajstić information content (AvgIpc) is 2.89. The lowest BCUT2D eigenvalue weighted by Gasteiger charge is -2.40. The Morgan fingerprint density at radius 3 is 2.95 bits per heavy atom. The Kier molecular flexibility index (Phi) is 3.55. The predicted octanol–water partition coefficient (Wildman–Crippen LogP) is 0.997. The highest BCUT2D eigenvalue weighted by Gasteiger charge is 2.34. The molecule has 1 aliphatic heterocycles. The van der Waals surface area contributed by atoms with Gasteiger partial charge < -0.3 is 10.2 Å². The van der Waals surface area contributed by atoms with Crippen molar-refractivity contribution in [2.24, 2.45) is 0 Å². The number of anilines is 1. The zero-order chi connectivity index (χ0) is 14.8. The smallest absolute Gasteiger partial charge is 0.244 e. The summed E-state index contributed by atoms with van der Waals surface area (Å²) in [6, 6.07) is 3.76. The average molecular weight is 286 g/mol. The topological polar surface area (TPSA) is 75.9 Å². The van der Waals surface area contributed by atoms with E-state index < -0.39 is 0 Å². The van der Waals surface area contributed by atoms with Gasteiger partial charge in [-0.25, -0.2) is 9.97 Å². The molecule has 3 heterocycles. The molecule has 7 nitrogen and oxygen atoms in total. The molecule has 110 valence electrons. The summed E-state index contributed by atoms with van der Waals surface area (Å²) < 4.78 is 1.64. The molecule has 0 radical (unpaired) electrons. The molecule has 1 atom stereocenters. The van der Waals surface area contributed by atoms with Crippen molar-refractivity contribution in [1.82, 2.24) is 24.6 Å². The van der Waals surface area contributed by atoms with Crippen molar-refractivity contribution in [3.05, 3.63) is 36.0 Å². The number of nitrogens with zero attached hydrogens (tertiary/aromatic N) is 5. The zero-order valence-electron chi connectivity index (χ0n) is 12.2. The second-order valence-corrected chi connectivity index (χ2v) is 5.07. The summed E-state index contributed by atoms with van der Waals surface area (Å²) in [6.45, 7) is 2.90. The molecule has 0 aromatic carbocycles. The van der Waals surface area contributed by atoms with Gasteiger partial charge >= 0.3 is 0 Å². The van der Waals surface area contributed by atoms with Crippen molar-refractivity contribution < 1.29 is 4.79 Å². The monoisotopic (exact) mass is 286 g/mol. The lowest BCUT2D eigenvalue weighted by molar-refractivity contribution is -0.140. The third-order valence-electron chi connectivity index (χ3n) is 3.65. The quantitative estimate of drug-likeness (QED) is 0.907. The van der Waals surface area contributed by atoms with Crippen LogP contribution in [0.3, 0.4) is 0 Å². The first kappa shape index (κ1) is 13.5. The Balaban J connectivity index is 1.74. The van der Waals surface area contributed by atoms with Gasteiger partial charge in [-0.15, -0.1) is 0 Å². The molecule has 2 aromatic rings. The van der Waals surface area contributed by atoms with Crippen LogP contribution in [0.15, 0.2) is 24.5 Å². The standard InChI is InChI=1S/C14H18N6O/c1-10-17-11(8-13(15-2)18-10)12-4-7-20(12)14(21)9-19-6-3-5-16-19/h3,5-6,8,12H,4,7,9H2,1-2H3,(H,15,17,18). The van der Waals surface area contributed by atoms with Crippen LogP contribution in [0.4, 0.5) is 5.82 Å². The second-order valence-electron chi connectivity index (χ2n) is 5.07. The SMILES string of the molecule is CNc1cc(C2CCN2C(=O)Cn2cccn2)nc(C)n1. The fourth-order valence-electron chi connectivity index (χ4n) is 2.51. The number of rotatable bonds is 4. The van der Waals surface area contributed by atoms with Crippen LogP contribution >= 0.6 is 0 Å². The van der Waals surface area contributed by atoms with Gasteiger partial charge in [0.2, 0.25) is 5.91 Å². The number of aryl methyl sites for hydroxylation is 1. The van der Waals surface area contributed by atoms with E-state index in [2.05, 4.69) is 20.4 Å². The van der Waals surface area contributed by atoms with Crippen molar-refractivity contribution in [3.63, 3.8) is 0 Å². The molecule has 0 bridgehead atoms. The number of amides is 1. The van der Waals surface area contributed by atoms with Gasteiger partial charge in [0.15, 0.2) is 0 Å². The third kappa shape index (κ3) is 2.72. The molecule has 0 saturated carbocycles. The van der Waals surface area contributed by atoms with Crippen molar-refractivity contribution in [2.75, 3.05) is 18.9 Å². The maximum atomic E-state index is 12.3. The van der Waals surface area contributed by atoms with Crippen LogP contribution < -0.4 is 5.32 Å². The minimum absolute atomic E-state index is 0.0434. The third-order valence-corrected chi connectivity index (χ3v) is 3.65.